The van der Waals surface area contributed by atoms with Crippen molar-refractivity contribution in [2.24, 2.45) is 0 Å². The van der Waals surface area contributed by atoms with Crippen molar-refractivity contribution in [2.75, 3.05) is 0 Å². The molecule has 0 aromatic rings. The summed E-state index contributed by atoms with van der Waals surface area (Å²) in [5.41, 5.74) is 0. The van der Waals surface area contributed by atoms with Gasteiger partial charge in [-0.2, -0.15) is 8.78 Å². The molecule has 0 aliphatic rings. The molecule has 0 heterocycles. The monoisotopic (exact) mass is 202 g/mol. The number of hydrogen-bond acceptors (Lipinski definition) is 3. The van der Waals surface area contributed by atoms with Crippen LogP contribution in [0, 0.1) is 0 Å². The van der Waals surface area contributed by atoms with Crippen molar-refractivity contribution in [3.8, 4) is 0 Å². The molecule has 0 aromatic heterocycles. The molecule has 0 amide bonds. The molecule has 72 valence electrons. The van der Waals surface area contributed by atoms with Crippen molar-refractivity contribution < 1.29 is 27.1 Å². The van der Waals surface area contributed by atoms with Crippen LogP contribution in [0.5, 0.6) is 0 Å². The van der Waals surface area contributed by atoms with Gasteiger partial charge < -0.3 is 5.11 Å². The van der Waals surface area contributed by atoms with Gasteiger partial charge in [-0.3, -0.25) is 4.79 Å². The van der Waals surface area contributed by atoms with Gasteiger partial charge in [0, 0.05) is 0 Å². The first kappa shape index (κ1) is 11.3. The van der Waals surface area contributed by atoms with Crippen molar-refractivity contribution in [3.05, 3.63) is 0 Å². The van der Waals surface area contributed by atoms with E-state index in [1.54, 1.807) is 0 Å². The normalized spacial score (nSPS) is 14.7. The molecule has 1 N–H and O–H groups in total. The van der Waals surface area contributed by atoms with Crippen molar-refractivity contribution in [1.29, 1.82) is 0 Å². The van der Waals surface area contributed by atoms with E-state index in [0.717, 1.165) is 6.92 Å². The first-order valence-electron chi connectivity index (χ1n) is 3.01. The highest BCUT2D eigenvalue weighted by atomic mass is 32.2. The Morgan fingerprint density at radius 1 is 1.50 bits per heavy atom. The fraction of sp³-hybridized carbons (Fsp3) is 0.800. The number of carboxylic acids is 1. The molecule has 0 radical (unpaired) electrons. The summed E-state index contributed by atoms with van der Waals surface area (Å²) in [6, 6.07) is 0. The van der Waals surface area contributed by atoms with Gasteiger partial charge in [0.2, 0.25) is 9.84 Å². The quantitative estimate of drug-likeness (QED) is 0.720. The Labute approximate surface area is 68.1 Å². The molecule has 0 aliphatic carbocycles. The summed E-state index contributed by atoms with van der Waals surface area (Å²) in [6.07, 6.45) is -0.799. The predicted octanol–water partition coefficient (Wildman–Crippen LogP) is 0.487. The molecule has 0 saturated carbocycles. The molecule has 7 heteroatoms. The largest absolute Gasteiger partial charge is 0.481 e. The van der Waals surface area contributed by atoms with E-state index in [9.17, 15) is 22.0 Å². The molecule has 1 atom stereocenters. The van der Waals surface area contributed by atoms with Gasteiger partial charge in [0.05, 0.1) is 11.7 Å². The number of alkyl halides is 2. The Hall–Kier alpha value is -0.720. The zero-order valence-electron chi connectivity index (χ0n) is 6.20. The van der Waals surface area contributed by atoms with Gasteiger partial charge in [-0.25, -0.2) is 8.42 Å². The highest BCUT2D eigenvalue weighted by molar-refractivity contribution is 7.92. The topological polar surface area (TPSA) is 71.4 Å². The molecular formula is C5H8F2O4S. The van der Waals surface area contributed by atoms with Gasteiger partial charge in [0.1, 0.15) is 0 Å². The van der Waals surface area contributed by atoms with E-state index in [0.29, 0.717) is 0 Å². The van der Waals surface area contributed by atoms with Gasteiger partial charge >= 0.3 is 11.7 Å². The van der Waals surface area contributed by atoms with E-state index in [4.69, 9.17) is 5.11 Å². The second kappa shape index (κ2) is 3.79. The van der Waals surface area contributed by atoms with Crippen LogP contribution in [-0.2, 0) is 14.6 Å². The van der Waals surface area contributed by atoms with Crippen LogP contribution in [0.2, 0.25) is 0 Å². The molecule has 12 heavy (non-hydrogen) atoms. The van der Waals surface area contributed by atoms with Crippen LogP contribution in [0.25, 0.3) is 0 Å². The second-order valence-corrected chi connectivity index (χ2v) is 4.60. The van der Waals surface area contributed by atoms with E-state index in [2.05, 4.69) is 0 Å². The maximum absolute atomic E-state index is 11.7. The molecule has 0 fully saturated rings. The van der Waals surface area contributed by atoms with Crippen LogP contribution in [0.4, 0.5) is 8.78 Å². The van der Waals surface area contributed by atoms with Crippen LogP contribution in [0.15, 0.2) is 0 Å². The van der Waals surface area contributed by atoms with Crippen molar-refractivity contribution in [1.82, 2.24) is 0 Å². The maximum Gasteiger partial charge on any atom is 0.337 e. The molecule has 0 aromatic carbocycles. The molecule has 0 rings (SSSR count). The summed E-state index contributed by atoms with van der Waals surface area (Å²) in [7, 11) is -4.59. The minimum atomic E-state index is -4.59. The highest BCUT2D eigenvalue weighted by Gasteiger charge is 2.32. The smallest absolute Gasteiger partial charge is 0.337 e. The van der Waals surface area contributed by atoms with E-state index in [1.807, 2.05) is 0 Å². The molecule has 4 nitrogen and oxygen atoms in total. The SMILES string of the molecule is CC(CC(=O)O)S(=O)(=O)C(F)F. The number of halogens is 2. The Morgan fingerprint density at radius 2 is 1.92 bits per heavy atom. The number of aliphatic carboxylic acids is 1. The van der Waals surface area contributed by atoms with Gasteiger partial charge in [0.25, 0.3) is 0 Å². The zero-order valence-corrected chi connectivity index (χ0v) is 7.01. The van der Waals surface area contributed by atoms with E-state index in [-0.39, 0.29) is 0 Å². The Morgan fingerprint density at radius 3 is 2.17 bits per heavy atom. The lowest BCUT2D eigenvalue weighted by Gasteiger charge is -2.08. The van der Waals surface area contributed by atoms with Gasteiger partial charge in [-0.1, -0.05) is 0 Å². The van der Waals surface area contributed by atoms with E-state index >= 15 is 0 Å². The van der Waals surface area contributed by atoms with Crippen LogP contribution in [0.3, 0.4) is 0 Å². The third-order valence-electron chi connectivity index (χ3n) is 1.27. The minimum Gasteiger partial charge on any atom is -0.481 e. The Bertz CT molecular complexity index is 259. The molecule has 1 unspecified atom stereocenters. The van der Waals surface area contributed by atoms with Crippen molar-refractivity contribution in [2.45, 2.75) is 24.4 Å². The van der Waals surface area contributed by atoms with Crippen LogP contribution >= 0.6 is 0 Å². The number of rotatable bonds is 4. The lowest BCUT2D eigenvalue weighted by molar-refractivity contribution is -0.136. The zero-order chi connectivity index (χ0) is 9.94. The summed E-state index contributed by atoms with van der Waals surface area (Å²) < 4.78 is 44.6. The average molecular weight is 202 g/mol. The molecule has 0 aliphatic heterocycles. The van der Waals surface area contributed by atoms with Crippen LogP contribution in [0.1, 0.15) is 13.3 Å². The van der Waals surface area contributed by atoms with Crippen molar-refractivity contribution >= 4 is 15.8 Å². The number of hydrogen-bond donors (Lipinski definition) is 1. The molecule has 0 spiro atoms. The first-order valence-corrected chi connectivity index (χ1v) is 4.62. The standard InChI is InChI=1S/C5H8F2O4S/c1-3(2-4(8)9)12(10,11)5(6)7/h3,5H,2H2,1H3,(H,8,9). The Balaban J connectivity index is 4.48. The number of sulfone groups is 1. The predicted molar refractivity (Wildman–Crippen MR) is 36.6 cm³/mol. The van der Waals surface area contributed by atoms with Gasteiger partial charge in [-0.05, 0) is 6.92 Å². The lowest BCUT2D eigenvalue weighted by Crippen LogP contribution is -2.26. The van der Waals surface area contributed by atoms with Crippen molar-refractivity contribution in [3.63, 3.8) is 0 Å². The summed E-state index contributed by atoms with van der Waals surface area (Å²) in [4.78, 5) is 9.97. The lowest BCUT2D eigenvalue weighted by atomic mass is 10.3. The fourth-order valence-electron chi connectivity index (χ4n) is 0.538. The van der Waals surface area contributed by atoms with Gasteiger partial charge in [0.15, 0.2) is 0 Å². The Kier molecular flexibility index (Phi) is 3.56. The summed E-state index contributed by atoms with van der Waals surface area (Å²) in [5, 5.41) is 6.57. The third-order valence-corrected chi connectivity index (χ3v) is 3.06. The van der Waals surface area contributed by atoms with Crippen LogP contribution < -0.4 is 0 Å². The van der Waals surface area contributed by atoms with E-state index < -0.39 is 33.2 Å². The molecular weight excluding hydrogens is 194 g/mol. The second-order valence-electron chi connectivity index (χ2n) is 2.26. The minimum absolute atomic E-state index is 0.799. The summed E-state index contributed by atoms with van der Waals surface area (Å²) in [5.74, 6) is -4.92. The number of carboxylic acid groups (broad SMARTS) is 1. The van der Waals surface area contributed by atoms with E-state index in [1.165, 1.54) is 0 Å². The highest BCUT2D eigenvalue weighted by Crippen LogP contribution is 2.14. The summed E-state index contributed by atoms with van der Waals surface area (Å²) in [6.45, 7) is 0.940. The van der Waals surface area contributed by atoms with Crippen LogP contribution in [-0.4, -0.2) is 30.5 Å². The molecule has 0 bridgehead atoms. The number of carbonyl (C=O) groups is 1. The maximum atomic E-state index is 11.7. The van der Waals surface area contributed by atoms with Gasteiger partial charge in [-0.15, -0.1) is 0 Å². The average Bonchev–Trinajstić information content (AvgIpc) is 1.85. The molecule has 0 saturated heterocycles. The fourth-order valence-corrected chi connectivity index (χ4v) is 1.26. The summed E-state index contributed by atoms with van der Waals surface area (Å²) >= 11 is 0. The third kappa shape index (κ3) is 2.72. The first-order chi connectivity index (χ1) is 5.28.